The highest BCUT2D eigenvalue weighted by molar-refractivity contribution is 5.86. The average Bonchev–Trinajstić information content (AvgIpc) is 2.36. The lowest BCUT2D eigenvalue weighted by Gasteiger charge is -2.11. The summed E-state index contributed by atoms with van der Waals surface area (Å²) in [7, 11) is 0. The van der Waals surface area contributed by atoms with Crippen LogP contribution in [-0.2, 0) is 6.18 Å². The zero-order valence-electron chi connectivity index (χ0n) is 11.1. The van der Waals surface area contributed by atoms with E-state index in [9.17, 15) is 27.6 Å². The molecule has 0 radical (unpaired) electrons. The summed E-state index contributed by atoms with van der Waals surface area (Å²) in [6, 6.07) is 2.96. The zero-order valence-corrected chi connectivity index (χ0v) is 11.1. The minimum Gasteiger partial charge on any atom is -0.618 e. The van der Waals surface area contributed by atoms with E-state index in [1.54, 1.807) is 0 Å². The van der Waals surface area contributed by atoms with Crippen molar-refractivity contribution in [2.45, 2.75) is 13.1 Å². The molecule has 1 aromatic carbocycles. The van der Waals surface area contributed by atoms with Crippen molar-refractivity contribution >= 4 is 5.97 Å². The Kier molecular flexibility index (Phi) is 3.78. The average molecular weight is 315 g/mol. The number of hydrogen-bond donors (Lipinski definition) is 1. The number of aromatic carboxylic acids is 1. The number of aryl methyl sites for hydroxylation is 1. The monoisotopic (exact) mass is 315 g/mol. The summed E-state index contributed by atoms with van der Waals surface area (Å²) in [4.78, 5) is 10.9. The molecule has 0 aliphatic rings. The number of alkyl halides is 3. The van der Waals surface area contributed by atoms with E-state index < -0.39 is 34.8 Å². The van der Waals surface area contributed by atoms with Crippen molar-refractivity contribution in [3.63, 3.8) is 0 Å². The smallest absolute Gasteiger partial charge is 0.416 e. The Hall–Kier alpha value is -2.64. The SMILES string of the molecule is Cc1cc(-c2cc(C(F)(F)F)ccc2F)c[n+]([O-])c1C(=O)O. The topological polar surface area (TPSA) is 64.2 Å². The van der Waals surface area contributed by atoms with Gasteiger partial charge in [0.2, 0.25) is 0 Å². The fourth-order valence-electron chi connectivity index (χ4n) is 2.04. The Bertz CT molecular complexity index is 733. The Morgan fingerprint density at radius 1 is 1.27 bits per heavy atom. The van der Waals surface area contributed by atoms with Crippen molar-refractivity contribution in [2.75, 3.05) is 0 Å². The van der Waals surface area contributed by atoms with Crippen LogP contribution in [0.3, 0.4) is 0 Å². The van der Waals surface area contributed by atoms with Gasteiger partial charge in [-0.15, -0.1) is 0 Å². The molecule has 116 valence electrons. The Morgan fingerprint density at radius 2 is 1.91 bits per heavy atom. The van der Waals surface area contributed by atoms with Crippen LogP contribution in [0.25, 0.3) is 11.1 Å². The molecule has 0 unspecified atom stereocenters. The minimum atomic E-state index is -4.66. The molecule has 2 aromatic rings. The van der Waals surface area contributed by atoms with Gasteiger partial charge in [0.1, 0.15) is 5.82 Å². The highest BCUT2D eigenvalue weighted by atomic mass is 19.4. The van der Waals surface area contributed by atoms with Gasteiger partial charge in [0.25, 0.3) is 0 Å². The van der Waals surface area contributed by atoms with Gasteiger partial charge in [-0.2, -0.15) is 17.9 Å². The van der Waals surface area contributed by atoms with Crippen molar-refractivity contribution < 1.29 is 32.2 Å². The molecular formula is C14H9F4NO3. The van der Waals surface area contributed by atoms with E-state index in [4.69, 9.17) is 5.11 Å². The molecule has 1 aromatic heterocycles. The summed E-state index contributed by atoms with van der Waals surface area (Å²) < 4.78 is 51.8. The number of rotatable bonds is 2. The lowest BCUT2D eigenvalue weighted by molar-refractivity contribution is -0.608. The van der Waals surface area contributed by atoms with Gasteiger partial charge in [0, 0.05) is 11.1 Å². The number of hydrogen-bond acceptors (Lipinski definition) is 2. The molecule has 8 heteroatoms. The maximum atomic E-state index is 13.8. The first-order valence-corrected chi connectivity index (χ1v) is 5.95. The van der Waals surface area contributed by atoms with Crippen molar-refractivity contribution in [3.05, 3.63) is 58.3 Å². The Morgan fingerprint density at radius 3 is 2.41 bits per heavy atom. The summed E-state index contributed by atoms with van der Waals surface area (Å²) >= 11 is 0. The molecule has 2 rings (SSSR count). The van der Waals surface area contributed by atoms with E-state index in [0.717, 1.165) is 12.3 Å². The summed E-state index contributed by atoms with van der Waals surface area (Å²) in [6.07, 6.45) is -3.93. The first-order valence-electron chi connectivity index (χ1n) is 5.95. The predicted molar refractivity (Wildman–Crippen MR) is 67.5 cm³/mol. The number of halogens is 4. The van der Waals surface area contributed by atoms with Crippen LogP contribution in [0.15, 0.2) is 30.5 Å². The quantitative estimate of drug-likeness (QED) is 0.526. The van der Waals surface area contributed by atoms with Crippen molar-refractivity contribution in [1.82, 2.24) is 0 Å². The van der Waals surface area contributed by atoms with E-state index in [-0.39, 0.29) is 15.9 Å². The standard InChI is InChI=1S/C14H9F4NO3/c1-7-4-8(6-19(22)12(7)13(20)21)10-5-9(14(16,17)18)2-3-11(10)15/h2-6H,1H3,(H,20,21). The molecule has 1 heterocycles. The molecule has 0 spiro atoms. The fraction of sp³-hybridized carbons (Fsp3) is 0.143. The Labute approximate surface area is 121 Å². The minimum absolute atomic E-state index is 0.00724. The molecule has 0 saturated heterocycles. The van der Waals surface area contributed by atoms with Gasteiger partial charge in [0.05, 0.1) is 11.1 Å². The maximum Gasteiger partial charge on any atom is 0.416 e. The normalized spacial score (nSPS) is 11.5. The first-order chi connectivity index (χ1) is 10.1. The number of aromatic nitrogens is 1. The van der Waals surface area contributed by atoms with Gasteiger partial charge in [-0.05, 0) is 31.2 Å². The molecular weight excluding hydrogens is 306 g/mol. The van der Waals surface area contributed by atoms with Gasteiger partial charge >= 0.3 is 17.8 Å². The lowest BCUT2D eigenvalue weighted by atomic mass is 10.0. The maximum absolute atomic E-state index is 13.8. The van der Waals surface area contributed by atoms with Gasteiger partial charge in [-0.1, -0.05) is 0 Å². The highest BCUT2D eigenvalue weighted by Gasteiger charge is 2.31. The molecule has 0 saturated carbocycles. The fourth-order valence-corrected chi connectivity index (χ4v) is 2.04. The number of carbonyl (C=O) groups is 1. The third-order valence-electron chi connectivity index (χ3n) is 3.03. The summed E-state index contributed by atoms with van der Waals surface area (Å²) in [5.74, 6) is -2.43. The van der Waals surface area contributed by atoms with E-state index in [2.05, 4.69) is 0 Å². The van der Waals surface area contributed by atoms with Crippen LogP contribution in [0.2, 0.25) is 0 Å². The number of carboxylic acids is 1. The van der Waals surface area contributed by atoms with Crippen molar-refractivity contribution in [2.24, 2.45) is 0 Å². The molecule has 0 amide bonds. The first kappa shape index (κ1) is 15.7. The third-order valence-corrected chi connectivity index (χ3v) is 3.03. The molecule has 0 atom stereocenters. The van der Waals surface area contributed by atoms with Gasteiger partial charge in [0.15, 0.2) is 6.20 Å². The van der Waals surface area contributed by atoms with E-state index >= 15 is 0 Å². The van der Waals surface area contributed by atoms with E-state index in [0.29, 0.717) is 18.2 Å². The molecule has 0 aliphatic heterocycles. The number of benzene rings is 1. The van der Waals surface area contributed by atoms with Crippen molar-refractivity contribution in [3.8, 4) is 11.1 Å². The number of nitrogens with zero attached hydrogens (tertiary/aromatic N) is 1. The van der Waals surface area contributed by atoms with Crippen LogP contribution in [-0.4, -0.2) is 11.1 Å². The second-order valence-electron chi connectivity index (χ2n) is 4.58. The van der Waals surface area contributed by atoms with Crippen LogP contribution in [0, 0.1) is 17.9 Å². The van der Waals surface area contributed by atoms with E-state index in [1.807, 2.05) is 0 Å². The van der Waals surface area contributed by atoms with Gasteiger partial charge in [-0.3, -0.25) is 0 Å². The molecule has 4 nitrogen and oxygen atoms in total. The third kappa shape index (κ3) is 2.85. The number of carboxylic acid groups (broad SMARTS) is 1. The molecule has 0 fully saturated rings. The molecule has 22 heavy (non-hydrogen) atoms. The van der Waals surface area contributed by atoms with E-state index in [1.165, 1.54) is 6.92 Å². The lowest BCUT2D eigenvalue weighted by Crippen LogP contribution is -2.35. The van der Waals surface area contributed by atoms with Crippen LogP contribution >= 0.6 is 0 Å². The largest absolute Gasteiger partial charge is 0.618 e. The summed E-state index contributed by atoms with van der Waals surface area (Å²) in [5, 5.41) is 20.5. The molecule has 0 aliphatic carbocycles. The zero-order chi connectivity index (χ0) is 16.7. The summed E-state index contributed by atoms with van der Waals surface area (Å²) in [6.45, 7) is 1.30. The predicted octanol–water partition coefficient (Wildman–Crippen LogP) is 3.15. The number of pyridine rings is 1. The molecule has 0 bridgehead atoms. The second-order valence-corrected chi connectivity index (χ2v) is 4.58. The van der Waals surface area contributed by atoms with Crippen molar-refractivity contribution in [1.29, 1.82) is 0 Å². The van der Waals surface area contributed by atoms with Gasteiger partial charge < -0.3 is 10.3 Å². The van der Waals surface area contributed by atoms with Crippen LogP contribution in [0.5, 0.6) is 0 Å². The highest BCUT2D eigenvalue weighted by Crippen LogP contribution is 2.33. The van der Waals surface area contributed by atoms with Crippen LogP contribution < -0.4 is 4.73 Å². The van der Waals surface area contributed by atoms with Crippen LogP contribution in [0.1, 0.15) is 21.6 Å². The van der Waals surface area contributed by atoms with Crippen LogP contribution in [0.4, 0.5) is 17.6 Å². The molecule has 1 N–H and O–H groups in total. The second kappa shape index (κ2) is 5.28. The Balaban J connectivity index is 2.65. The van der Waals surface area contributed by atoms with Gasteiger partial charge in [-0.25, -0.2) is 9.18 Å². The summed E-state index contributed by atoms with van der Waals surface area (Å²) in [5.41, 5.74) is -2.20.